The van der Waals surface area contributed by atoms with E-state index in [1.807, 2.05) is 7.05 Å². The Morgan fingerprint density at radius 1 is 1.56 bits per heavy atom. The van der Waals surface area contributed by atoms with Gasteiger partial charge in [0.25, 0.3) is 5.91 Å². The molecule has 0 atom stereocenters. The molecule has 3 N–H and O–H groups in total. The smallest absolute Gasteiger partial charge is 0.255 e. The molecule has 0 spiro atoms. The number of amides is 1. The lowest BCUT2D eigenvalue weighted by molar-refractivity contribution is 0.0798. The summed E-state index contributed by atoms with van der Waals surface area (Å²) in [6.07, 6.45) is 0. The lowest BCUT2D eigenvalue weighted by atomic mass is 10.1. The zero-order valence-corrected chi connectivity index (χ0v) is 10.2. The van der Waals surface area contributed by atoms with E-state index in [2.05, 4.69) is 5.32 Å². The van der Waals surface area contributed by atoms with Crippen molar-refractivity contribution in [2.24, 2.45) is 0 Å². The van der Waals surface area contributed by atoms with Crippen LogP contribution in [0.15, 0.2) is 18.2 Å². The summed E-state index contributed by atoms with van der Waals surface area (Å²) in [5.41, 5.74) is 6.64. The van der Waals surface area contributed by atoms with Crippen LogP contribution in [0.25, 0.3) is 0 Å². The van der Waals surface area contributed by atoms with E-state index in [1.54, 1.807) is 30.1 Å². The monoisotopic (exact) mass is 241 g/mol. The first kappa shape index (κ1) is 12.8. The molecule has 0 unspecified atom stereocenters. The van der Waals surface area contributed by atoms with Crippen LogP contribution in [0, 0.1) is 0 Å². The maximum atomic E-state index is 12.0. The van der Waals surface area contributed by atoms with E-state index in [1.165, 1.54) is 0 Å². The highest BCUT2D eigenvalue weighted by atomic mass is 35.5. The fraction of sp³-hybridized carbons (Fsp3) is 0.364. The molecular weight excluding hydrogens is 226 g/mol. The Labute approximate surface area is 100 Å². The van der Waals surface area contributed by atoms with Crippen LogP contribution in [-0.4, -0.2) is 38.0 Å². The fourth-order valence-corrected chi connectivity index (χ4v) is 1.50. The number of anilines is 1. The molecule has 0 radical (unpaired) electrons. The maximum Gasteiger partial charge on any atom is 0.255 e. The molecule has 0 aliphatic carbocycles. The lowest BCUT2D eigenvalue weighted by Gasteiger charge is -2.17. The van der Waals surface area contributed by atoms with Crippen LogP contribution in [0.5, 0.6) is 0 Å². The summed E-state index contributed by atoms with van der Waals surface area (Å²) < 4.78 is 0. The second kappa shape index (κ2) is 5.72. The molecule has 0 saturated carbocycles. The molecule has 0 saturated heterocycles. The predicted octanol–water partition coefficient (Wildman–Crippen LogP) is 1.21. The predicted molar refractivity (Wildman–Crippen MR) is 66.8 cm³/mol. The van der Waals surface area contributed by atoms with Gasteiger partial charge in [0.1, 0.15) is 0 Å². The average molecular weight is 242 g/mol. The zero-order chi connectivity index (χ0) is 12.1. The standard InChI is InChI=1S/C11H16ClN3O/c1-14-5-6-15(2)11(16)9-4-3-8(12)7-10(9)13/h3-4,7,14H,5-6,13H2,1-2H3. The third-order valence-electron chi connectivity index (χ3n) is 2.29. The number of hydrogen-bond acceptors (Lipinski definition) is 3. The van der Waals surface area contributed by atoms with E-state index >= 15 is 0 Å². The molecule has 4 nitrogen and oxygen atoms in total. The fourth-order valence-electron chi connectivity index (χ4n) is 1.32. The number of rotatable bonds is 4. The second-order valence-electron chi connectivity index (χ2n) is 3.56. The van der Waals surface area contributed by atoms with Crippen molar-refractivity contribution in [1.29, 1.82) is 0 Å². The first-order chi connectivity index (χ1) is 7.56. The van der Waals surface area contributed by atoms with Crippen molar-refractivity contribution in [2.75, 3.05) is 32.9 Å². The van der Waals surface area contributed by atoms with Gasteiger partial charge >= 0.3 is 0 Å². The number of nitrogens with one attached hydrogen (secondary N) is 1. The summed E-state index contributed by atoms with van der Waals surface area (Å²) in [7, 11) is 3.59. The molecular formula is C11H16ClN3O. The molecule has 0 fully saturated rings. The topological polar surface area (TPSA) is 58.4 Å². The van der Waals surface area contributed by atoms with E-state index in [-0.39, 0.29) is 5.91 Å². The SMILES string of the molecule is CNCCN(C)C(=O)c1ccc(Cl)cc1N. The highest BCUT2D eigenvalue weighted by Gasteiger charge is 2.14. The molecule has 1 amide bonds. The van der Waals surface area contributed by atoms with E-state index in [0.717, 1.165) is 6.54 Å². The molecule has 0 aliphatic heterocycles. The average Bonchev–Trinajstić information content (AvgIpc) is 2.25. The van der Waals surface area contributed by atoms with Gasteiger partial charge in [0.15, 0.2) is 0 Å². The van der Waals surface area contributed by atoms with Gasteiger partial charge in [-0.3, -0.25) is 4.79 Å². The lowest BCUT2D eigenvalue weighted by Crippen LogP contribution is -2.33. The number of nitrogens with zero attached hydrogens (tertiary/aromatic N) is 1. The molecule has 1 aromatic carbocycles. The van der Waals surface area contributed by atoms with E-state index in [4.69, 9.17) is 17.3 Å². The largest absolute Gasteiger partial charge is 0.398 e. The van der Waals surface area contributed by atoms with Crippen LogP contribution < -0.4 is 11.1 Å². The van der Waals surface area contributed by atoms with Crippen molar-refractivity contribution >= 4 is 23.2 Å². The van der Waals surface area contributed by atoms with Crippen molar-refractivity contribution in [1.82, 2.24) is 10.2 Å². The minimum absolute atomic E-state index is 0.0931. The van der Waals surface area contributed by atoms with Crippen LogP contribution in [0.1, 0.15) is 10.4 Å². The Balaban J connectivity index is 2.79. The molecule has 16 heavy (non-hydrogen) atoms. The van der Waals surface area contributed by atoms with E-state index in [9.17, 15) is 4.79 Å². The van der Waals surface area contributed by atoms with Gasteiger partial charge in [0.2, 0.25) is 0 Å². The van der Waals surface area contributed by atoms with Gasteiger partial charge in [-0.2, -0.15) is 0 Å². The van der Waals surface area contributed by atoms with Crippen molar-refractivity contribution in [3.05, 3.63) is 28.8 Å². The Morgan fingerprint density at radius 2 is 2.25 bits per heavy atom. The Kier molecular flexibility index (Phi) is 4.58. The first-order valence-electron chi connectivity index (χ1n) is 5.01. The summed E-state index contributed by atoms with van der Waals surface area (Å²) in [5.74, 6) is -0.0931. The Bertz CT molecular complexity index is 381. The van der Waals surface area contributed by atoms with Crippen molar-refractivity contribution in [3.8, 4) is 0 Å². The summed E-state index contributed by atoms with van der Waals surface area (Å²) in [4.78, 5) is 13.6. The van der Waals surface area contributed by atoms with Crippen LogP contribution in [0.4, 0.5) is 5.69 Å². The number of nitrogen functional groups attached to an aromatic ring is 1. The zero-order valence-electron chi connectivity index (χ0n) is 9.46. The highest BCUT2D eigenvalue weighted by molar-refractivity contribution is 6.31. The molecule has 1 rings (SSSR count). The molecule has 0 heterocycles. The molecule has 0 aliphatic rings. The number of carbonyl (C=O) groups excluding carboxylic acids is 1. The van der Waals surface area contributed by atoms with Crippen LogP contribution in [-0.2, 0) is 0 Å². The van der Waals surface area contributed by atoms with Crippen LogP contribution in [0.3, 0.4) is 0 Å². The maximum absolute atomic E-state index is 12.0. The number of nitrogens with two attached hydrogens (primary N) is 1. The second-order valence-corrected chi connectivity index (χ2v) is 4.00. The number of likely N-dealkylation sites (N-methyl/N-ethyl adjacent to an activating group) is 2. The van der Waals surface area contributed by atoms with E-state index < -0.39 is 0 Å². The number of hydrogen-bond donors (Lipinski definition) is 2. The summed E-state index contributed by atoms with van der Waals surface area (Å²) in [5, 5.41) is 3.52. The Morgan fingerprint density at radius 3 is 2.81 bits per heavy atom. The highest BCUT2D eigenvalue weighted by Crippen LogP contribution is 2.19. The summed E-state index contributed by atoms with van der Waals surface area (Å²) >= 11 is 5.77. The van der Waals surface area contributed by atoms with Crippen molar-refractivity contribution in [3.63, 3.8) is 0 Å². The molecule has 1 aromatic rings. The van der Waals surface area contributed by atoms with Gasteiger partial charge in [-0.25, -0.2) is 0 Å². The van der Waals surface area contributed by atoms with Crippen molar-refractivity contribution in [2.45, 2.75) is 0 Å². The van der Waals surface area contributed by atoms with Gasteiger partial charge < -0.3 is 16.0 Å². The Hall–Kier alpha value is -1.26. The van der Waals surface area contributed by atoms with Crippen LogP contribution >= 0.6 is 11.6 Å². The van der Waals surface area contributed by atoms with E-state index in [0.29, 0.717) is 22.8 Å². The molecule has 5 heteroatoms. The molecule has 0 aromatic heterocycles. The van der Waals surface area contributed by atoms with Gasteiger partial charge in [-0.15, -0.1) is 0 Å². The number of carbonyl (C=O) groups is 1. The number of benzene rings is 1. The summed E-state index contributed by atoms with van der Waals surface area (Å²) in [6, 6.07) is 4.90. The minimum Gasteiger partial charge on any atom is -0.398 e. The van der Waals surface area contributed by atoms with Gasteiger partial charge in [0, 0.05) is 30.8 Å². The van der Waals surface area contributed by atoms with Gasteiger partial charge in [0.05, 0.1) is 5.56 Å². The van der Waals surface area contributed by atoms with Crippen molar-refractivity contribution < 1.29 is 4.79 Å². The molecule has 88 valence electrons. The third kappa shape index (κ3) is 3.12. The van der Waals surface area contributed by atoms with Crippen LogP contribution in [0.2, 0.25) is 5.02 Å². The molecule has 0 bridgehead atoms. The van der Waals surface area contributed by atoms with Gasteiger partial charge in [-0.05, 0) is 25.2 Å². The minimum atomic E-state index is -0.0931. The summed E-state index contributed by atoms with van der Waals surface area (Å²) in [6.45, 7) is 1.38. The first-order valence-corrected chi connectivity index (χ1v) is 5.39. The normalized spacial score (nSPS) is 10.2. The third-order valence-corrected chi connectivity index (χ3v) is 2.52. The number of halogens is 1. The van der Waals surface area contributed by atoms with Gasteiger partial charge in [-0.1, -0.05) is 11.6 Å². The quantitative estimate of drug-likeness (QED) is 0.780.